The van der Waals surface area contributed by atoms with E-state index in [4.69, 9.17) is 0 Å². The predicted octanol–water partition coefficient (Wildman–Crippen LogP) is 0.523. The summed E-state index contributed by atoms with van der Waals surface area (Å²) in [6, 6.07) is 6.12. The van der Waals surface area contributed by atoms with Gasteiger partial charge in [0.15, 0.2) is 0 Å². The number of Topliss-reactive ketones (excluding diaryl/α,β-unsaturated/α-hetero) is 1. The van der Waals surface area contributed by atoms with E-state index in [1.807, 2.05) is 19.1 Å². The van der Waals surface area contributed by atoms with Crippen LogP contribution in [0.2, 0.25) is 0 Å². The number of aliphatic imine (C=N–C) groups is 1. The van der Waals surface area contributed by atoms with Gasteiger partial charge in [-0.2, -0.15) is 0 Å². The van der Waals surface area contributed by atoms with Crippen molar-refractivity contribution in [3.63, 3.8) is 0 Å². The number of nitrogens with zero attached hydrogens (tertiary/aromatic N) is 4. The molecular weight excluding hydrogens is 296 g/mol. The maximum atomic E-state index is 12.4. The first-order chi connectivity index (χ1) is 10.9. The number of carbonyl (C=O) groups is 3. The van der Waals surface area contributed by atoms with Gasteiger partial charge in [-0.1, -0.05) is 29.8 Å². The number of rotatable bonds is 3. The monoisotopic (exact) mass is 313 g/mol. The summed E-state index contributed by atoms with van der Waals surface area (Å²) < 4.78 is 1.57. The van der Waals surface area contributed by atoms with E-state index < -0.39 is 12.1 Å². The molecule has 0 saturated carbocycles. The van der Waals surface area contributed by atoms with E-state index in [1.165, 1.54) is 18.3 Å². The molecule has 0 spiro atoms. The molecule has 1 aromatic carbocycles. The standard InChI is InChI=1S/C16H17N4O3/c1-10-4-6-11(7-5-10)12(21)8-20-9-17-14-13(20)15(22)19(3)16(23)18(14)2/h4-7,9,13H,8H2,1-3H3/q+1. The van der Waals surface area contributed by atoms with Crippen molar-refractivity contribution in [3.05, 3.63) is 35.4 Å². The molecule has 7 nitrogen and oxygen atoms in total. The van der Waals surface area contributed by atoms with Crippen LogP contribution in [0.15, 0.2) is 29.3 Å². The molecule has 1 unspecified atom stereocenters. The van der Waals surface area contributed by atoms with Gasteiger partial charge < -0.3 is 0 Å². The maximum Gasteiger partial charge on any atom is 0.333 e. The zero-order valence-electron chi connectivity index (χ0n) is 13.2. The smallest absolute Gasteiger partial charge is 0.290 e. The molecular formula is C16H17N4O3+. The minimum Gasteiger partial charge on any atom is -0.290 e. The van der Waals surface area contributed by atoms with Gasteiger partial charge in [0, 0.05) is 19.7 Å². The first-order valence-corrected chi connectivity index (χ1v) is 7.22. The van der Waals surface area contributed by atoms with Crippen molar-refractivity contribution in [1.82, 2.24) is 9.80 Å². The number of likely N-dealkylation sites (N-methyl/N-ethyl adjacent to an activating group) is 2. The van der Waals surface area contributed by atoms with E-state index in [0.29, 0.717) is 11.4 Å². The summed E-state index contributed by atoms with van der Waals surface area (Å²) in [5, 5.41) is 0. The molecule has 0 N–H and O–H groups in total. The number of hydrogen-bond acceptors (Lipinski definition) is 4. The Balaban J connectivity index is 1.81. The minimum atomic E-state index is -0.725. The number of fused-ring (bicyclic) bond motifs is 1. The lowest BCUT2D eigenvalue weighted by Gasteiger charge is -2.30. The van der Waals surface area contributed by atoms with Crippen LogP contribution in [0.25, 0.3) is 0 Å². The van der Waals surface area contributed by atoms with E-state index in [1.54, 1.807) is 23.8 Å². The Kier molecular flexibility index (Phi) is 3.55. The number of benzene rings is 1. The van der Waals surface area contributed by atoms with Crippen molar-refractivity contribution >= 4 is 29.9 Å². The molecule has 3 rings (SSSR count). The van der Waals surface area contributed by atoms with Crippen molar-refractivity contribution in [2.75, 3.05) is 20.6 Å². The Bertz CT molecular complexity index is 764. The Morgan fingerprint density at radius 3 is 2.48 bits per heavy atom. The number of urea groups is 1. The highest BCUT2D eigenvalue weighted by molar-refractivity contribution is 6.21. The van der Waals surface area contributed by atoms with Gasteiger partial charge in [0.05, 0.1) is 0 Å². The van der Waals surface area contributed by atoms with Crippen LogP contribution in [-0.4, -0.2) is 71.0 Å². The maximum absolute atomic E-state index is 12.4. The van der Waals surface area contributed by atoms with Crippen molar-refractivity contribution in [2.24, 2.45) is 4.99 Å². The number of ketones is 1. The van der Waals surface area contributed by atoms with Gasteiger partial charge in [-0.15, -0.1) is 0 Å². The molecule has 7 heteroatoms. The molecule has 1 atom stereocenters. The number of hydrogen-bond donors (Lipinski definition) is 0. The number of amides is 3. The van der Waals surface area contributed by atoms with Crippen LogP contribution in [0.4, 0.5) is 4.79 Å². The zero-order chi connectivity index (χ0) is 16.7. The summed E-state index contributed by atoms with van der Waals surface area (Å²) in [7, 11) is 2.99. The number of aryl methyl sites for hydroxylation is 1. The molecule has 23 heavy (non-hydrogen) atoms. The molecule has 2 heterocycles. The van der Waals surface area contributed by atoms with Gasteiger partial charge in [-0.3, -0.25) is 19.4 Å². The second kappa shape index (κ2) is 5.42. The van der Waals surface area contributed by atoms with Gasteiger partial charge in [0.25, 0.3) is 24.1 Å². The first kappa shape index (κ1) is 15.1. The summed E-state index contributed by atoms with van der Waals surface area (Å²) in [5.41, 5.74) is 1.66. The lowest BCUT2D eigenvalue weighted by molar-refractivity contribution is -0.518. The SMILES string of the molecule is Cc1ccc(C(=O)C[N+]2=CN=C3C2C(=O)N(C)C(=O)N3C)cc1. The quantitative estimate of drug-likeness (QED) is 0.603. The third-order valence-corrected chi connectivity index (χ3v) is 4.10. The average Bonchev–Trinajstić information content (AvgIpc) is 2.95. The van der Waals surface area contributed by atoms with E-state index >= 15 is 0 Å². The van der Waals surface area contributed by atoms with Crippen LogP contribution < -0.4 is 0 Å². The fraction of sp³-hybridized carbons (Fsp3) is 0.312. The lowest BCUT2D eigenvalue weighted by Crippen LogP contribution is -2.61. The third-order valence-electron chi connectivity index (χ3n) is 4.10. The summed E-state index contributed by atoms with van der Waals surface area (Å²) in [6.07, 6.45) is 1.45. The second-order valence-corrected chi connectivity index (χ2v) is 5.71. The molecule has 2 aliphatic heterocycles. The van der Waals surface area contributed by atoms with Crippen LogP contribution in [0.1, 0.15) is 15.9 Å². The number of amidine groups is 1. The average molecular weight is 313 g/mol. The summed E-state index contributed by atoms with van der Waals surface area (Å²) >= 11 is 0. The normalized spacial score (nSPS) is 20.4. The first-order valence-electron chi connectivity index (χ1n) is 7.22. The van der Waals surface area contributed by atoms with E-state index in [9.17, 15) is 14.4 Å². The Labute approximate surface area is 133 Å². The summed E-state index contributed by atoms with van der Waals surface area (Å²) in [5.74, 6) is -0.125. The van der Waals surface area contributed by atoms with Crippen LogP contribution in [0.5, 0.6) is 0 Å². The Morgan fingerprint density at radius 2 is 1.83 bits per heavy atom. The largest absolute Gasteiger partial charge is 0.333 e. The van der Waals surface area contributed by atoms with Gasteiger partial charge in [0.1, 0.15) is 6.54 Å². The van der Waals surface area contributed by atoms with Gasteiger partial charge in [-0.25, -0.2) is 9.37 Å². The Hall–Kier alpha value is -2.83. The Morgan fingerprint density at radius 1 is 1.17 bits per heavy atom. The van der Waals surface area contributed by atoms with Crippen molar-refractivity contribution in [2.45, 2.75) is 13.0 Å². The molecule has 1 aromatic rings. The van der Waals surface area contributed by atoms with E-state index in [2.05, 4.69) is 4.99 Å². The molecule has 3 amide bonds. The van der Waals surface area contributed by atoms with Crippen LogP contribution >= 0.6 is 0 Å². The molecule has 1 saturated heterocycles. The van der Waals surface area contributed by atoms with Crippen LogP contribution in [0.3, 0.4) is 0 Å². The summed E-state index contributed by atoms with van der Waals surface area (Å²) in [4.78, 5) is 43.2. The van der Waals surface area contributed by atoms with Crippen molar-refractivity contribution < 1.29 is 19.0 Å². The fourth-order valence-electron chi connectivity index (χ4n) is 2.67. The van der Waals surface area contributed by atoms with E-state index in [0.717, 1.165) is 10.5 Å². The van der Waals surface area contributed by atoms with Crippen LogP contribution in [-0.2, 0) is 4.79 Å². The summed E-state index contributed by atoms with van der Waals surface area (Å²) in [6.45, 7) is 1.98. The number of imide groups is 1. The zero-order valence-corrected chi connectivity index (χ0v) is 13.2. The highest BCUT2D eigenvalue weighted by Gasteiger charge is 2.50. The molecule has 0 radical (unpaired) electrons. The highest BCUT2D eigenvalue weighted by Crippen LogP contribution is 2.17. The predicted molar refractivity (Wildman–Crippen MR) is 83.9 cm³/mol. The molecule has 1 fully saturated rings. The molecule has 2 aliphatic rings. The second-order valence-electron chi connectivity index (χ2n) is 5.71. The molecule has 0 bridgehead atoms. The van der Waals surface area contributed by atoms with E-state index in [-0.39, 0.29) is 18.2 Å². The van der Waals surface area contributed by atoms with Gasteiger partial charge >= 0.3 is 6.03 Å². The highest BCUT2D eigenvalue weighted by atomic mass is 16.2. The number of carbonyl (C=O) groups excluding carboxylic acids is 3. The van der Waals surface area contributed by atoms with Crippen LogP contribution in [0, 0.1) is 6.92 Å². The topological polar surface area (TPSA) is 73.1 Å². The molecule has 0 aliphatic carbocycles. The van der Waals surface area contributed by atoms with Crippen molar-refractivity contribution in [3.8, 4) is 0 Å². The fourth-order valence-corrected chi connectivity index (χ4v) is 2.67. The lowest BCUT2D eigenvalue weighted by atomic mass is 10.1. The van der Waals surface area contributed by atoms with Gasteiger partial charge in [0.2, 0.25) is 5.78 Å². The third kappa shape index (κ3) is 2.44. The molecule has 118 valence electrons. The van der Waals surface area contributed by atoms with Gasteiger partial charge in [-0.05, 0) is 11.9 Å². The minimum absolute atomic E-state index is 0.0301. The van der Waals surface area contributed by atoms with Crippen molar-refractivity contribution in [1.29, 1.82) is 0 Å². The molecule has 0 aromatic heterocycles.